The van der Waals surface area contributed by atoms with E-state index in [1.807, 2.05) is 19.1 Å². The van der Waals surface area contributed by atoms with Crippen LogP contribution in [0.15, 0.2) is 29.3 Å². The second-order valence-electron chi connectivity index (χ2n) is 6.29. The average Bonchev–Trinajstić information content (AvgIpc) is 3.41. The van der Waals surface area contributed by atoms with Crippen molar-refractivity contribution in [3.63, 3.8) is 0 Å². The summed E-state index contributed by atoms with van der Waals surface area (Å²) in [4.78, 5) is 29.6. The van der Waals surface area contributed by atoms with E-state index in [0.29, 0.717) is 30.7 Å². The van der Waals surface area contributed by atoms with Crippen LogP contribution >= 0.6 is 0 Å². The molecule has 2 rings (SSSR count). The van der Waals surface area contributed by atoms with Gasteiger partial charge in [-0.2, -0.15) is 0 Å². The highest BCUT2D eigenvalue weighted by Gasteiger charge is 2.22. The molecule has 0 saturated heterocycles. The van der Waals surface area contributed by atoms with E-state index in [1.54, 1.807) is 31.1 Å². The minimum Gasteiger partial charge on any atom is -0.357 e. The van der Waals surface area contributed by atoms with Crippen molar-refractivity contribution in [2.24, 2.45) is 4.99 Å². The van der Waals surface area contributed by atoms with Crippen molar-refractivity contribution in [3.05, 3.63) is 35.4 Å². The molecular weight excluding hydrogens is 318 g/mol. The molecule has 0 aliphatic heterocycles. The first kappa shape index (κ1) is 18.8. The van der Waals surface area contributed by atoms with E-state index in [1.165, 1.54) is 0 Å². The molecular formula is C18H27N5O2. The Balaban J connectivity index is 1.88. The number of nitrogens with one attached hydrogen (secondary N) is 3. The summed E-state index contributed by atoms with van der Waals surface area (Å²) in [6, 6.07) is 7.75. The molecule has 1 aliphatic rings. The third-order valence-corrected chi connectivity index (χ3v) is 3.73. The van der Waals surface area contributed by atoms with E-state index in [-0.39, 0.29) is 18.4 Å². The van der Waals surface area contributed by atoms with Gasteiger partial charge in [-0.05, 0) is 37.5 Å². The van der Waals surface area contributed by atoms with Gasteiger partial charge in [0.15, 0.2) is 5.96 Å². The second-order valence-corrected chi connectivity index (χ2v) is 6.29. The van der Waals surface area contributed by atoms with Crippen molar-refractivity contribution in [2.45, 2.75) is 32.4 Å². The lowest BCUT2D eigenvalue weighted by molar-refractivity contribution is -0.120. The van der Waals surface area contributed by atoms with E-state index < -0.39 is 0 Å². The summed E-state index contributed by atoms with van der Waals surface area (Å²) in [5, 5.41) is 9.09. The molecule has 1 aromatic rings. The van der Waals surface area contributed by atoms with E-state index in [4.69, 9.17) is 0 Å². The Labute approximate surface area is 148 Å². The van der Waals surface area contributed by atoms with Gasteiger partial charge in [-0.25, -0.2) is 4.99 Å². The lowest BCUT2D eigenvalue weighted by Crippen LogP contribution is -2.43. The zero-order valence-corrected chi connectivity index (χ0v) is 15.1. The minimum absolute atomic E-state index is 0.0142. The topological polar surface area (TPSA) is 85.8 Å². The number of hydrogen-bond acceptors (Lipinski definition) is 3. The van der Waals surface area contributed by atoms with E-state index in [0.717, 1.165) is 18.4 Å². The number of aliphatic imine (C=N–C) groups is 1. The van der Waals surface area contributed by atoms with Gasteiger partial charge in [-0.15, -0.1) is 0 Å². The van der Waals surface area contributed by atoms with Gasteiger partial charge in [0.05, 0.1) is 13.1 Å². The molecule has 2 amide bonds. The van der Waals surface area contributed by atoms with Gasteiger partial charge in [-0.1, -0.05) is 12.1 Å². The summed E-state index contributed by atoms with van der Waals surface area (Å²) in [7, 11) is 3.46. The zero-order chi connectivity index (χ0) is 18.2. The number of guanidine groups is 1. The van der Waals surface area contributed by atoms with Gasteiger partial charge in [0.25, 0.3) is 5.91 Å². The monoisotopic (exact) mass is 345 g/mol. The number of carbonyl (C=O) groups excluding carboxylic acids is 2. The SMILES string of the molecule is CCNC(=NCc1ccc(C(=O)N(C)C)cc1)NCC(=O)NC1CC1. The molecule has 1 saturated carbocycles. The average molecular weight is 345 g/mol. The molecule has 1 aromatic carbocycles. The molecule has 0 atom stereocenters. The molecule has 0 aromatic heterocycles. The summed E-state index contributed by atoms with van der Waals surface area (Å²) in [6.07, 6.45) is 2.15. The molecule has 0 heterocycles. The number of hydrogen-bond donors (Lipinski definition) is 3. The maximum atomic E-state index is 11.9. The molecule has 0 spiro atoms. The van der Waals surface area contributed by atoms with Crippen molar-refractivity contribution >= 4 is 17.8 Å². The number of amides is 2. The maximum Gasteiger partial charge on any atom is 0.253 e. The van der Waals surface area contributed by atoms with Crippen molar-refractivity contribution in [1.29, 1.82) is 0 Å². The zero-order valence-electron chi connectivity index (χ0n) is 15.1. The van der Waals surface area contributed by atoms with E-state index in [9.17, 15) is 9.59 Å². The maximum absolute atomic E-state index is 11.9. The normalized spacial score (nSPS) is 14.0. The van der Waals surface area contributed by atoms with Gasteiger partial charge in [0, 0.05) is 32.2 Å². The van der Waals surface area contributed by atoms with Crippen LogP contribution < -0.4 is 16.0 Å². The Kier molecular flexibility index (Phi) is 6.80. The molecule has 136 valence electrons. The fourth-order valence-electron chi connectivity index (χ4n) is 2.19. The smallest absolute Gasteiger partial charge is 0.253 e. The second kappa shape index (κ2) is 9.05. The predicted molar refractivity (Wildman–Crippen MR) is 98.4 cm³/mol. The molecule has 0 radical (unpaired) electrons. The van der Waals surface area contributed by atoms with Gasteiger partial charge in [-0.3, -0.25) is 9.59 Å². The standard InChI is InChI=1S/C18H27N5O2/c1-4-19-18(21-12-16(24)22-15-9-10-15)20-11-13-5-7-14(8-6-13)17(25)23(2)3/h5-8,15H,4,9-12H2,1-3H3,(H,22,24)(H2,19,20,21). The van der Waals surface area contributed by atoms with Crippen LogP contribution in [0.2, 0.25) is 0 Å². The van der Waals surface area contributed by atoms with Crippen LogP contribution in [0.5, 0.6) is 0 Å². The van der Waals surface area contributed by atoms with Crippen LogP contribution in [0.25, 0.3) is 0 Å². The molecule has 25 heavy (non-hydrogen) atoms. The van der Waals surface area contributed by atoms with Gasteiger partial charge in [0.1, 0.15) is 0 Å². The third-order valence-electron chi connectivity index (χ3n) is 3.73. The van der Waals surface area contributed by atoms with E-state index >= 15 is 0 Å². The Hall–Kier alpha value is -2.57. The summed E-state index contributed by atoms with van der Waals surface area (Å²) >= 11 is 0. The Morgan fingerprint density at radius 1 is 1.16 bits per heavy atom. The Morgan fingerprint density at radius 3 is 2.40 bits per heavy atom. The van der Waals surface area contributed by atoms with Crippen molar-refractivity contribution in [2.75, 3.05) is 27.2 Å². The molecule has 7 nitrogen and oxygen atoms in total. The molecule has 1 aliphatic carbocycles. The highest BCUT2D eigenvalue weighted by molar-refractivity contribution is 5.93. The summed E-state index contributed by atoms with van der Waals surface area (Å²) in [6.45, 7) is 3.37. The van der Waals surface area contributed by atoms with Gasteiger partial charge < -0.3 is 20.9 Å². The van der Waals surface area contributed by atoms with Crippen LogP contribution in [-0.2, 0) is 11.3 Å². The molecule has 0 bridgehead atoms. The lowest BCUT2D eigenvalue weighted by Gasteiger charge is -2.12. The highest BCUT2D eigenvalue weighted by atomic mass is 16.2. The van der Waals surface area contributed by atoms with E-state index in [2.05, 4.69) is 20.9 Å². The summed E-state index contributed by atoms with van der Waals surface area (Å²) in [5.41, 5.74) is 1.65. The Morgan fingerprint density at radius 2 is 1.84 bits per heavy atom. The molecule has 3 N–H and O–H groups in total. The van der Waals surface area contributed by atoms with Crippen molar-refractivity contribution < 1.29 is 9.59 Å². The first-order valence-corrected chi connectivity index (χ1v) is 8.61. The first-order chi connectivity index (χ1) is 12.0. The van der Waals surface area contributed by atoms with Crippen molar-refractivity contribution in [3.8, 4) is 0 Å². The number of carbonyl (C=O) groups is 2. The minimum atomic E-state index is -0.0215. The van der Waals surface area contributed by atoms with Crippen LogP contribution in [0, 0.1) is 0 Å². The summed E-state index contributed by atoms with van der Waals surface area (Å²) < 4.78 is 0. The molecule has 7 heteroatoms. The highest BCUT2D eigenvalue weighted by Crippen LogP contribution is 2.18. The first-order valence-electron chi connectivity index (χ1n) is 8.61. The third kappa shape index (κ3) is 6.45. The van der Waals surface area contributed by atoms with Gasteiger partial charge in [0.2, 0.25) is 5.91 Å². The fourth-order valence-corrected chi connectivity index (χ4v) is 2.19. The summed E-state index contributed by atoms with van der Waals surface area (Å²) in [5.74, 6) is 0.563. The van der Waals surface area contributed by atoms with Crippen LogP contribution in [0.3, 0.4) is 0 Å². The number of benzene rings is 1. The van der Waals surface area contributed by atoms with Crippen LogP contribution in [0.1, 0.15) is 35.7 Å². The molecule has 0 unspecified atom stereocenters. The quantitative estimate of drug-likeness (QED) is 0.502. The van der Waals surface area contributed by atoms with Crippen LogP contribution in [-0.4, -0.2) is 55.9 Å². The van der Waals surface area contributed by atoms with Gasteiger partial charge >= 0.3 is 0 Å². The number of nitrogens with zero attached hydrogens (tertiary/aromatic N) is 2. The number of rotatable bonds is 7. The largest absolute Gasteiger partial charge is 0.357 e. The predicted octanol–water partition coefficient (Wildman–Crippen LogP) is 0.722. The van der Waals surface area contributed by atoms with Crippen molar-refractivity contribution in [1.82, 2.24) is 20.9 Å². The lowest BCUT2D eigenvalue weighted by atomic mass is 10.1. The Bertz CT molecular complexity index is 621. The molecule has 1 fully saturated rings. The van der Waals surface area contributed by atoms with Crippen LogP contribution in [0.4, 0.5) is 0 Å². The fraction of sp³-hybridized carbons (Fsp3) is 0.500.